The number of carbonyl (C=O) groups is 3. The van der Waals surface area contributed by atoms with Crippen molar-refractivity contribution in [2.45, 2.75) is 27.2 Å². The van der Waals surface area contributed by atoms with Crippen LogP contribution in [-0.2, 0) is 14.3 Å². The maximum absolute atomic E-state index is 11.4. The van der Waals surface area contributed by atoms with E-state index in [0.29, 0.717) is 34.4 Å². The van der Waals surface area contributed by atoms with Gasteiger partial charge in [-0.3, -0.25) is 29.1 Å². The quantitative estimate of drug-likeness (QED) is 0.0463. The van der Waals surface area contributed by atoms with Crippen molar-refractivity contribution in [2.75, 3.05) is 6.61 Å². The molecule has 0 fully saturated rings. The maximum Gasteiger partial charge on any atom is 1.00 e. The van der Waals surface area contributed by atoms with Crippen molar-refractivity contribution in [1.82, 2.24) is 15.0 Å². The van der Waals surface area contributed by atoms with Gasteiger partial charge in [0, 0.05) is 40.7 Å². The third-order valence-corrected chi connectivity index (χ3v) is 8.81. The molecule has 0 atom stereocenters. The second-order valence-corrected chi connectivity index (χ2v) is 13.6. The molecule has 3 heterocycles. The van der Waals surface area contributed by atoms with Crippen molar-refractivity contribution in [3.05, 3.63) is 195 Å². The number of nitrogens with zero attached hydrogens (tertiary/aromatic N) is 6. The van der Waals surface area contributed by atoms with Gasteiger partial charge in [-0.25, -0.2) is 4.98 Å². The number of amides is 1. The smallest absolute Gasteiger partial charge is 0.870 e. The number of Topliss-reactive ketones (excluding diaryl/α,β-unsaturated/α-hetero) is 1. The molecule has 0 aliphatic heterocycles. The number of nitrogens with two attached hydrogens (primary N) is 1. The minimum absolute atomic E-state index is 0. The molecule has 5 N–H and O–H groups in total. The van der Waals surface area contributed by atoms with Crippen molar-refractivity contribution in [1.29, 1.82) is 21.0 Å². The number of hydrogen-bond donors (Lipinski definition) is 3. The first-order valence-corrected chi connectivity index (χ1v) is 20.1. The zero-order valence-corrected chi connectivity index (χ0v) is 41.1. The third kappa shape index (κ3) is 21.0. The molecule has 0 aliphatic carbocycles. The summed E-state index contributed by atoms with van der Waals surface area (Å²) in [5.74, 6) is -1.64. The molecule has 1 amide bonds. The molecule has 7 aromatic rings. The van der Waals surface area contributed by atoms with Crippen molar-refractivity contribution in [3.63, 3.8) is 0 Å². The number of primary amides is 1. The van der Waals surface area contributed by atoms with Crippen LogP contribution >= 0.6 is 23.2 Å². The second-order valence-electron chi connectivity index (χ2n) is 12.9. The molecule has 0 radical (unpaired) electrons. The zero-order valence-electron chi connectivity index (χ0n) is 36.5. The van der Waals surface area contributed by atoms with E-state index in [2.05, 4.69) is 31.5 Å². The van der Waals surface area contributed by atoms with Crippen LogP contribution in [0.3, 0.4) is 0 Å². The number of aromatic nitrogens is 3. The van der Waals surface area contributed by atoms with Crippen LogP contribution in [0.15, 0.2) is 157 Å². The van der Waals surface area contributed by atoms with Crippen molar-refractivity contribution < 1.29 is 81.1 Å². The van der Waals surface area contributed by atoms with E-state index in [1.807, 2.05) is 91.0 Å². The van der Waals surface area contributed by atoms with Gasteiger partial charge in [0.15, 0.2) is 5.78 Å². The summed E-state index contributed by atoms with van der Waals surface area (Å²) < 4.78 is 4.67. The predicted octanol–water partition coefficient (Wildman–Crippen LogP) is 6.84. The molecular formula is C51H43Cl2KN8O7. The number of pyridine rings is 3. The number of ketones is 1. The van der Waals surface area contributed by atoms with E-state index in [9.17, 15) is 24.3 Å². The van der Waals surface area contributed by atoms with E-state index in [1.54, 1.807) is 80.0 Å². The van der Waals surface area contributed by atoms with Gasteiger partial charge >= 0.3 is 57.4 Å². The number of H-pyrrole nitrogens is 1. The summed E-state index contributed by atoms with van der Waals surface area (Å²) in [6, 6.07) is 49.4. The summed E-state index contributed by atoms with van der Waals surface area (Å²) >= 11 is 11.7. The van der Waals surface area contributed by atoms with Crippen molar-refractivity contribution in [3.8, 4) is 63.5 Å². The zero-order chi connectivity index (χ0) is 48.3. The van der Waals surface area contributed by atoms with Gasteiger partial charge in [0.05, 0.1) is 23.8 Å². The number of nitrogens with one attached hydrogen (secondary N) is 1. The molecule has 69 heavy (non-hydrogen) atoms. The summed E-state index contributed by atoms with van der Waals surface area (Å²) in [5, 5.41) is 44.4. The molecule has 0 aliphatic rings. The third-order valence-electron chi connectivity index (χ3n) is 8.35. The van der Waals surface area contributed by atoms with E-state index < -0.39 is 23.3 Å². The van der Waals surface area contributed by atoms with Crippen LogP contribution in [0.2, 0.25) is 10.3 Å². The number of benzene rings is 4. The first kappa shape index (κ1) is 61.7. The first-order valence-electron chi connectivity index (χ1n) is 19.4. The Morgan fingerprint density at radius 2 is 1.20 bits per heavy atom. The normalized spacial score (nSPS) is 8.91. The standard InChI is InChI=1S/C12H6Cl2N2.C12H8N2O2.C12H8N2.C11H12O3.C3H4N2O.CH4.K.H2O/c13-11-6-9(8-4-2-1-3-5-8)10(7-15)12(14)16-11;13-7-10-9(6-11(15)14-12(10)16)8-4-2-1-3-5-8;13-8-11-9-14-7-6-12(11)10-4-2-1-3-5-10;1-2-14-11(13)8-10(12)9-6-4-3-5-7-9;4-2-1-3(5)6;;;/h1-6H;1-6H,(H2,14,15,16);1-7,9H;3-7H,2,8H2,1H3;1H2,(H2,5,6);1H4;;1H2/q;;;;;;+1;/p-1. The molecule has 0 bridgehead atoms. The number of carbonyl (C=O) groups excluding carboxylic acids is 3. The molecule has 7 rings (SSSR count). The van der Waals surface area contributed by atoms with Crippen molar-refractivity contribution >= 4 is 40.9 Å². The number of nitriles is 4. The Morgan fingerprint density at radius 3 is 1.64 bits per heavy atom. The Hall–Kier alpha value is -7.32. The van der Waals surface area contributed by atoms with Gasteiger partial charge < -0.3 is 21.1 Å². The fourth-order valence-corrected chi connectivity index (χ4v) is 5.91. The number of halogens is 2. The van der Waals surface area contributed by atoms with Crippen LogP contribution in [0.5, 0.6) is 5.88 Å². The fourth-order valence-electron chi connectivity index (χ4n) is 5.44. The van der Waals surface area contributed by atoms with Crippen molar-refractivity contribution in [2.24, 2.45) is 5.73 Å². The van der Waals surface area contributed by atoms with E-state index >= 15 is 0 Å². The van der Waals surface area contributed by atoms with Gasteiger partial charge in [0.1, 0.15) is 46.9 Å². The van der Waals surface area contributed by atoms with Gasteiger partial charge in [-0.2, -0.15) is 21.0 Å². The predicted molar refractivity (Wildman–Crippen MR) is 258 cm³/mol. The minimum Gasteiger partial charge on any atom is -0.870 e. The van der Waals surface area contributed by atoms with E-state index in [0.717, 1.165) is 22.3 Å². The average molecular weight is 990 g/mol. The SMILES string of the molecule is C.CCOC(=O)CC(=O)c1ccccc1.N#CCC(N)=O.N#Cc1c(-c2ccccc2)cc(=O)[nH]c1O.N#Cc1c(-c2ccccc2)cc(Cl)nc1Cl.N#Cc1cnccc1-c1ccccc1.[K+].[OH-]. The number of ether oxygens (including phenoxy) is 1. The minimum atomic E-state index is -0.572. The summed E-state index contributed by atoms with van der Waals surface area (Å²) in [7, 11) is 0. The summed E-state index contributed by atoms with van der Waals surface area (Å²) in [4.78, 5) is 53.2. The van der Waals surface area contributed by atoms with Crippen LogP contribution < -0.4 is 62.7 Å². The number of esters is 1. The number of aromatic amines is 1. The van der Waals surface area contributed by atoms with Crippen LogP contribution in [0.25, 0.3) is 33.4 Å². The Bertz CT molecular complexity index is 2960. The average Bonchev–Trinajstić information content (AvgIpc) is 3.33. The first-order chi connectivity index (χ1) is 31.9. The Balaban J connectivity index is 0.000000849. The number of rotatable bonds is 8. The van der Waals surface area contributed by atoms with Crippen LogP contribution in [0.1, 0.15) is 54.2 Å². The molecule has 0 spiro atoms. The van der Waals surface area contributed by atoms with Crippen LogP contribution in [0.4, 0.5) is 0 Å². The molecule has 18 heteroatoms. The Morgan fingerprint density at radius 1 is 0.725 bits per heavy atom. The molecule has 15 nitrogen and oxygen atoms in total. The van der Waals surface area contributed by atoms with Crippen LogP contribution in [0, 0.1) is 45.3 Å². The van der Waals surface area contributed by atoms with Gasteiger partial charge in [-0.05, 0) is 35.7 Å². The molecule has 4 aromatic carbocycles. The summed E-state index contributed by atoms with van der Waals surface area (Å²) in [6.45, 7) is 2.02. The van der Waals surface area contributed by atoms with E-state index in [1.165, 1.54) is 6.07 Å². The topological polar surface area (TPSA) is 290 Å². The monoisotopic (exact) mass is 988 g/mol. The number of aromatic hydroxyl groups is 1. The molecule has 0 saturated heterocycles. The molecule has 0 unspecified atom stereocenters. The number of hydrogen-bond acceptors (Lipinski definition) is 13. The molecule has 3 aromatic heterocycles. The van der Waals surface area contributed by atoms with Gasteiger partial charge in [-0.15, -0.1) is 0 Å². The van der Waals surface area contributed by atoms with Gasteiger partial charge in [-0.1, -0.05) is 152 Å². The summed E-state index contributed by atoms with van der Waals surface area (Å²) in [5.41, 5.74) is 10.4. The largest absolute Gasteiger partial charge is 1.00 e. The van der Waals surface area contributed by atoms with Gasteiger partial charge in [0.2, 0.25) is 11.8 Å². The maximum atomic E-state index is 11.4. The fraction of sp³-hybridized carbons (Fsp3) is 0.0980. The molecule has 344 valence electrons. The summed E-state index contributed by atoms with van der Waals surface area (Å²) in [6.07, 6.45) is 2.92. The van der Waals surface area contributed by atoms with Crippen LogP contribution in [-0.4, -0.2) is 49.8 Å². The molecular weight excluding hydrogens is 947 g/mol. The van der Waals surface area contributed by atoms with Gasteiger partial charge in [0.25, 0.3) is 5.56 Å². The van der Waals surface area contributed by atoms with E-state index in [4.69, 9.17) is 44.2 Å². The Labute approximate surface area is 451 Å². The Kier molecular flexibility index (Phi) is 30.4. The molecule has 0 saturated carbocycles. The van der Waals surface area contributed by atoms with E-state index in [-0.39, 0.29) is 98.8 Å². The second kappa shape index (κ2) is 34.0.